The molecule has 2 saturated heterocycles. The number of nitrogens with zero attached hydrogens (tertiary/aromatic N) is 1. The average molecular weight is 166 g/mol. The fraction of sp³-hybridized carbons (Fsp3) is 0.700. The van der Waals surface area contributed by atoms with Crippen LogP contribution in [-0.4, -0.2) is 35.9 Å². The highest BCUT2D eigenvalue weighted by Gasteiger charge is 2.48. The van der Waals surface area contributed by atoms with Gasteiger partial charge in [0.15, 0.2) is 5.78 Å². The van der Waals surface area contributed by atoms with Gasteiger partial charge in [0.25, 0.3) is 0 Å². The lowest BCUT2D eigenvalue weighted by molar-refractivity contribution is -0.918. The van der Waals surface area contributed by atoms with Gasteiger partial charge in [0, 0.05) is 12.8 Å². The van der Waals surface area contributed by atoms with Crippen LogP contribution in [0.15, 0.2) is 12.7 Å². The molecule has 2 heteroatoms. The Bertz CT molecular complexity index is 224. The summed E-state index contributed by atoms with van der Waals surface area (Å²) in [7, 11) is 0. The van der Waals surface area contributed by atoms with Crippen molar-refractivity contribution in [3.8, 4) is 0 Å². The Morgan fingerprint density at radius 3 is 3.25 bits per heavy atom. The third kappa shape index (κ3) is 1.02. The molecule has 0 N–H and O–H groups in total. The molecule has 0 unspecified atom stereocenters. The summed E-state index contributed by atoms with van der Waals surface area (Å²) in [6, 6.07) is 0.635. The van der Waals surface area contributed by atoms with Crippen molar-refractivity contribution >= 4 is 5.78 Å². The largest absolute Gasteiger partial charge is 0.311 e. The Kier molecular flexibility index (Phi) is 1.80. The van der Waals surface area contributed by atoms with Gasteiger partial charge in [-0.25, -0.2) is 0 Å². The molecule has 0 saturated carbocycles. The van der Waals surface area contributed by atoms with Crippen molar-refractivity contribution < 1.29 is 9.28 Å². The molecule has 2 aliphatic heterocycles. The molecule has 2 aliphatic rings. The molecule has 0 spiro atoms. The lowest BCUT2D eigenvalue weighted by atomic mass is 10.1. The van der Waals surface area contributed by atoms with Crippen molar-refractivity contribution in [2.75, 3.05) is 19.6 Å². The van der Waals surface area contributed by atoms with Gasteiger partial charge in [-0.3, -0.25) is 4.79 Å². The molecule has 2 rings (SSSR count). The maximum atomic E-state index is 11.3. The van der Waals surface area contributed by atoms with Gasteiger partial charge in [-0.05, 0) is 6.08 Å². The Balaban J connectivity index is 2.19. The van der Waals surface area contributed by atoms with Gasteiger partial charge in [-0.2, -0.15) is 0 Å². The molecule has 2 fully saturated rings. The van der Waals surface area contributed by atoms with E-state index in [1.807, 2.05) is 6.08 Å². The number of carbonyl (C=O) groups excluding carboxylic acids is 1. The van der Waals surface area contributed by atoms with Crippen LogP contribution in [0.3, 0.4) is 0 Å². The first-order valence-electron chi connectivity index (χ1n) is 4.75. The maximum Gasteiger partial charge on any atom is 0.192 e. The van der Waals surface area contributed by atoms with Crippen LogP contribution in [-0.2, 0) is 4.79 Å². The second-order valence-electron chi connectivity index (χ2n) is 4.11. The second-order valence-corrected chi connectivity index (χ2v) is 4.11. The normalized spacial score (nSPS) is 40.0. The van der Waals surface area contributed by atoms with Gasteiger partial charge in [0.05, 0.1) is 25.6 Å². The summed E-state index contributed by atoms with van der Waals surface area (Å²) in [6.07, 6.45) is 5.34. The van der Waals surface area contributed by atoms with Crippen molar-refractivity contribution in [1.82, 2.24) is 0 Å². The molecule has 0 bridgehead atoms. The molecule has 2 heterocycles. The molecule has 0 aromatic rings. The number of quaternary nitrogens is 1. The standard InChI is InChI=1S/C10H16NO/c1-2-5-11-6-3-4-9(11)7-10(12)8-11/h2,9H,1,3-8H2/q+1/t9-,11+/m0/s1. The molecular weight excluding hydrogens is 150 g/mol. The SMILES string of the molecule is C=CC[N@+]12CCC[C@H]1CC(=O)C2. The molecule has 0 amide bonds. The van der Waals surface area contributed by atoms with Gasteiger partial charge < -0.3 is 4.48 Å². The summed E-state index contributed by atoms with van der Waals surface area (Å²) in [6.45, 7) is 6.75. The smallest absolute Gasteiger partial charge is 0.192 e. The zero-order valence-electron chi connectivity index (χ0n) is 7.46. The van der Waals surface area contributed by atoms with Crippen LogP contribution >= 0.6 is 0 Å². The van der Waals surface area contributed by atoms with Crippen LogP contribution in [0, 0.1) is 0 Å². The summed E-state index contributed by atoms with van der Waals surface area (Å²) < 4.78 is 1.03. The summed E-state index contributed by atoms with van der Waals surface area (Å²) >= 11 is 0. The van der Waals surface area contributed by atoms with Crippen molar-refractivity contribution in [3.05, 3.63) is 12.7 Å². The van der Waals surface area contributed by atoms with Gasteiger partial charge in [-0.15, -0.1) is 0 Å². The minimum absolute atomic E-state index is 0.460. The van der Waals surface area contributed by atoms with Gasteiger partial charge in [0.1, 0.15) is 6.54 Å². The molecule has 0 aliphatic carbocycles. The topological polar surface area (TPSA) is 17.1 Å². The number of carbonyl (C=O) groups is 1. The van der Waals surface area contributed by atoms with Crippen LogP contribution in [0.1, 0.15) is 19.3 Å². The van der Waals surface area contributed by atoms with Gasteiger partial charge in [-0.1, -0.05) is 6.58 Å². The van der Waals surface area contributed by atoms with E-state index in [-0.39, 0.29) is 0 Å². The molecule has 2 nitrogen and oxygen atoms in total. The summed E-state index contributed by atoms with van der Waals surface area (Å²) in [5, 5.41) is 0. The van der Waals surface area contributed by atoms with Crippen molar-refractivity contribution in [2.24, 2.45) is 0 Å². The molecule has 12 heavy (non-hydrogen) atoms. The van der Waals surface area contributed by atoms with Crippen LogP contribution < -0.4 is 0 Å². The fourth-order valence-corrected chi connectivity index (χ4v) is 2.84. The van der Waals surface area contributed by atoms with Gasteiger partial charge in [0.2, 0.25) is 0 Å². The molecule has 66 valence electrons. The third-order valence-electron chi connectivity index (χ3n) is 3.36. The zero-order valence-corrected chi connectivity index (χ0v) is 7.46. The van der Waals surface area contributed by atoms with Crippen LogP contribution in [0.5, 0.6) is 0 Å². The highest BCUT2D eigenvalue weighted by atomic mass is 16.1. The molecule has 0 aromatic heterocycles. The number of Topliss-reactive ketones (excluding diaryl/α,β-unsaturated/α-hetero) is 1. The molecule has 2 atom stereocenters. The van der Waals surface area contributed by atoms with E-state index in [4.69, 9.17) is 0 Å². The van der Waals surface area contributed by atoms with Crippen LogP contribution in [0.4, 0.5) is 0 Å². The number of rotatable bonds is 2. The molecule has 0 aromatic carbocycles. The Hall–Kier alpha value is -0.630. The second kappa shape index (κ2) is 2.70. The predicted octanol–water partition coefficient (Wildman–Crippen LogP) is 1.12. The number of ketones is 1. The van der Waals surface area contributed by atoms with E-state index < -0.39 is 0 Å². The lowest BCUT2D eigenvalue weighted by Gasteiger charge is -2.32. The minimum Gasteiger partial charge on any atom is -0.311 e. The van der Waals surface area contributed by atoms with E-state index in [1.165, 1.54) is 19.4 Å². The summed E-state index contributed by atoms with van der Waals surface area (Å²) in [5.74, 6) is 0.460. The van der Waals surface area contributed by atoms with Crippen molar-refractivity contribution in [3.63, 3.8) is 0 Å². The first kappa shape index (κ1) is 7.99. The van der Waals surface area contributed by atoms with E-state index in [2.05, 4.69) is 6.58 Å². The first-order valence-corrected chi connectivity index (χ1v) is 4.75. The quantitative estimate of drug-likeness (QED) is 0.444. The Labute approximate surface area is 73.5 Å². The third-order valence-corrected chi connectivity index (χ3v) is 3.36. The Morgan fingerprint density at radius 2 is 2.50 bits per heavy atom. The Morgan fingerprint density at radius 1 is 1.67 bits per heavy atom. The summed E-state index contributed by atoms with van der Waals surface area (Å²) in [5.41, 5.74) is 0. The number of fused-ring (bicyclic) bond motifs is 1. The van der Waals surface area contributed by atoms with E-state index in [0.29, 0.717) is 11.8 Å². The van der Waals surface area contributed by atoms with Crippen LogP contribution in [0.25, 0.3) is 0 Å². The molecule has 0 radical (unpaired) electrons. The van der Waals surface area contributed by atoms with E-state index in [1.54, 1.807) is 0 Å². The first-order chi connectivity index (χ1) is 5.77. The predicted molar refractivity (Wildman–Crippen MR) is 47.7 cm³/mol. The lowest BCUT2D eigenvalue weighted by Crippen LogP contribution is -2.48. The number of hydrogen-bond donors (Lipinski definition) is 0. The molecular formula is C10H16NO+. The van der Waals surface area contributed by atoms with Crippen LogP contribution in [0.2, 0.25) is 0 Å². The average Bonchev–Trinajstić information content (AvgIpc) is 2.44. The van der Waals surface area contributed by atoms with Crippen molar-refractivity contribution in [2.45, 2.75) is 25.3 Å². The fourth-order valence-electron chi connectivity index (χ4n) is 2.84. The van der Waals surface area contributed by atoms with E-state index in [9.17, 15) is 4.79 Å². The zero-order chi connectivity index (χ0) is 8.60. The highest BCUT2D eigenvalue weighted by molar-refractivity contribution is 5.81. The summed E-state index contributed by atoms with van der Waals surface area (Å²) in [4.78, 5) is 11.3. The van der Waals surface area contributed by atoms with Gasteiger partial charge >= 0.3 is 0 Å². The monoisotopic (exact) mass is 166 g/mol. The van der Waals surface area contributed by atoms with E-state index >= 15 is 0 Å². The minimum atomic E-state index is 0.460. The maximum absolute atomic E-state index is 11.3. The van der Waals surface area contributed by atoms with Crippen molar-refractivity contribution in [1.29, 1.82) is 0 Å². The highest BCUT2D eigenvalue weighted by Crippen LogP contribution is 2.34. The van der Waals surface area contributed by atoms with E-state index in [0.717, 1.165) is 24.0 Å². The number of hydrogen-bond acceptors (Lipinski definition) is 1.